The van der Waals surface area contributed by atoms with Gasteiger partial charge < -0.3 is 5.32 Å². The minimum atomic E-state index is -0.302. The van der Waals surface area contributed by atoms with Gasteiger partial charge in [-0.3, -0.25) is 0 Å². The zero-order valence-corrected chi connectivity index (χ0v) is 9.24. The summed E-state index contributed by atoms with van der Waals surface area (Å²) in [6, 6.07) is 4.39. The number of anilines is 1. The van der Waals surface area contributed by atoms with E-state index in [1.165, 1.54) is 12.1 Å². The zero-order chi connectivity index (χ0) is 10.6. The van der Waals surface area contributed by atoms with Crippen molar-refractivity contribution in [3.8, 4) is 0 Å². The van der Waals surface area contributed by atoms with E-state index < -0.39 is 0 Å². The van der Waals surface area contributed by atoms with Crippen LogP contribution in [0.3, 0.4) is 0 Å². The standard InChI is InChI=1S/C11H15ClFN/c1-3-8(2)7-14-11-5-4-9(13)6-10(11)12/h4-6,8,14H,3,7H2,1-2H3. The smallest absolute Gasteiger partial charge is 0.124 e. The first kappa shape index (κ1) is 11.3. The van der Waals surface area contributed by atoms with Crippen LogP contribution < -0.4 is 5.32 Å². The summed E-state index contributed by atoms with van der Waals surface area (Å²) in [4.78, 5) is 0. The zero-order valence-electron chi connectivity index (χ0n) is 8.48. The molecule has 0 saturated carbocycles. The largest absolute Gasteiger partial charge is 0.384 e. The van der Waals surface area contributed by atoms with Crippen molar-refractivity contribution in [2.24, 2.45) is 5.92 Å². The highest BCUT2D eigenvalue weighted by Crippen LogP contribution is 2.22. The fourth-order valence-electron chi connectivity index (χ4n) is 1.06. The fraction of sp³-hybridized carbons (Fsp3) is 0.455. The molecule has 0 amide bonds. The van der Waals surface area contributed by atoms with Gasteiger partial charge in [0.1, 0.15) is 5.82 Å². The summed E-state index contributed by atoms with van der Waals surface area (Å²) in [7, 11) is 0. The quantitative estimate of drug-likeness (QED) is 0.803. The van der Waals surface area contributed by atoms with Gasteiger partial charge in [0.25, 0.3) is 0 Å². The number of halogens is 2. The topological polar surface area (TPSA) is 12.0 Å². The van der Waals surface area contributed by atoms with Gasteiger partial charge in [-0.25, -0.2) is 4.39 Å². The van der Waals surface area contributed by atoms with Crippen LogP contribution in [-0.4, -0.2) is 6.54 Å². The van der Waals surface area contributed by atoms with Crippen LogP contribution in [0.2, 0.25) is 5.02 Å². The summed E-state index contributed by atoms with van der Waals surface area (Å²) >= 11 is 5.85. The maximum Gasteiger partial charge on any atom is 0.124 e. The molecule has 0 heterocycles. The van der Waals surface area contributed by atoms with E-state index in [-0.39, 0.29) is 5.82 Å². The lowest BCUT2D eigenvalue weighted by Crippen LogP contribution is -2.10. The lowest BCUT2D eigenvalue weighted by Gasteiger charge is -2.12. The molecule has 1 atom stereocenters. The van der Waals surface area contributed by atoms with Gasteiger partial charge in [-0.2, -0.15) is 0 Å². The van der Waals surface area contributed by atoms with Gasteiger partial charge in [0.2, 0.25) is 0 Å². The third kappa shape index (κ3) is 3.18. The molecule has 0 aliphatic carbocycles. The number of rotatable bonds is 4. The van der Waals surface area contributed by atoms with Crippen molar-refractivity contribution in [1.29, 1.82) is 0 Å². The summed E-state index contributed by atoms with van der Waals surface area (Å²) < 4.78 is 12.7. The van der Waals surface area contributed by atoms with Crippen molar-refractivity contribution in [2.45, 2.75) is 20.3 Å². The Morgan fingerprint density at radius 1 is 1.50 bits per heavy atom. The SMILES string of the molecule is CCC(C)CNc1ccc(F)cc1Cl. The molecule has 1 unspecified atom stereocenters. The Kier molecular flexibility index (Phi) is 4.21. The lowest BCUT2D eigenvalue weighted by molar-refractivity contribution is 0.593. The first-order valence-electron chi connectivity index (χ1n) is 4.82. The second-order valence-corrected chi connectivity index (χ2v) is 3.93. The molecule has 0 radical (unpaired) electrons. The average molecular weight is 216 g/mol. The van der Waals surface area contributed by atoms with Crippen LogP contribution >= 0.6 is 11.6 Å². The molecule has 0 fully saturated rings. The van der Waals surface area contributed by atoms with E-state index in [0.717, 1.165) is 18.7 Å². The number of benzene rings is 1. The van der Waals surface area contributed by atoms with E-state index in [2.05, 4.69) is 19.2 Å². The molecule has 1 nitrogen and oxygen atoms in total. The highest BCUT2D eigenvalue weighted by atomic mass is 35.5. The van der Waals surface area contributed by atoms with Gasteiger partial charge in [0.05, 0.1) is 10.7 Å². The van der Waals surface area contributed by atoms with Crippen LogP contribution in [-0.2, 0) is 0 Å². The highest BCUT2D eigenvalue weighted by Gasteiger charge is 2.03. The second kappa shape index (κ2) is 5.20. The molecule has 3 heteroatoms. The molecule has 0 bridgehead atoms. The van der Waals surface area contributed by atoms with E-state index in [0.29, 0.717) is 10.9 Å². The first-order chi connectivity index (χ1) is 6.63. The molecule has 0 spiro atoms. The molecule has 1 N–H and O–H groups in total. The Balaban J connectivity index is 2.59. The van der Waals surface area contributed by atoms with E-state index in [4.69, 9.17) is 11.6 Å². The van der Waals surface area contributed by atoms with E-state index in [1.807, 2.05) is 0 Å². The van der Waals surface area contributed by atoms with Gasteiger partial charge >= 0.3 is 0 Å². The molecule has 78 valence electrons. The van der Waals surface area contributed by atoms with Crippen LogP contribution in [0.15, 0.2) is 18.2 Å². The van der Waals surface area contributed by atoms with Crippen LogP contribution in [0.5, 0.6) is 0 Å². The Labute approximate surface area is 89.3 Å². The Hall–Kier alpha value is -0.760. The monoisotopic (exact) mass is 215 g/mol. The molecule has 0 aromatic heterocycles. The summed E-state index contributed by atoms with van der Waals surface area (Å²) in [6.07, 6.45) is 1.12. The number of hydrogen-bond acceptors (Lipinski definition) is 1. The van der Waals surface area contributed by atoms with Gasteiger partial charge in [0.15, 0.2) is 0 Å². The molecule has 1 aromatic carbocycles. The van der Waals surface area contributed by atoms with Gasteiger partial charge in [-0.1, -0.05) is 31.9 Å². The average Bonchev–Trinajstić information content (AvgIpc) is 2.16. The van der Waals surface area contributed by atoms with E-state index >= 15 is 0 Å². The molecule has 1 rings (SSSR count). The minimum absolute atomic E-state index is 0.302. The van der Waals surface area contributed by atoms with Crippen molar-refractivity contribution in [3.05, 3.63) is 29.0 Å². The fourth-order valence-corrected chi connectivity index (χ4v) is 1.30. The van der Waals surface area contributed by atoms with E-state index in [1.54, 1.807) is 6.07 Å². The molecule has 0 aliphatic heterocycles. The third-order valence-corrected chi connectivity index (χ3v) is 2.58. The summed E-state index contributed by atoms with van der Waals surface area (Å²) in [5, 5.41) is 3.63. The second-order valence-electron chi connectivity index (χ2n) is 3.52. The van der Waals surface area contributed by atoms with Crippen molar-refractivity contribution in [1.82, 2.24) is 0 Å². The molecular weight excluding hydrogens is 201 g/mol. The maximum absolute atomic E-state index is 12.7. The van der Waals surface area contributed by atoms with Crippen LogP contribution in [0.1, 0.15) is 20.3 Å². The molecule has 0 aliphatic rings. The number of hydrogen-bond donors (Lipinski definition) is 1. The Morgan fingerprint density at radius 3 is 2.79 bits per heavy atom. The minimum Gasteiger partial charge on any atom is -0.384 e. The Morgan fingerprint density at radius 2 is 2.21 bits per heavy atom. The summed E-state index contributed by atoms with van der Waals surface area (Å²) in [5.41, 5.74) is 0.799. The molecule has 14 heavy (non-hydrogen) atoms. The third-order valence-electron chi connectivity index (χ3n) is 2.27. The van der Waals surface area contributed by atoms with Gasteiger partial charge in [0, 0.05) is 6.54 Å². The van der Waals surface area contributed by atoms with Crippen LogP contribution in [0.4, 0.5) is 10.1 Å². The normalized spacial score (nSPS) is 12.6. The molecular formula is C11H15ClFN. The van der Waals surface area contributed by atoms with Crippen molar-refractivity contribution in [3.63, 3.8) is 0 Å². The first-order valence-corrected chi connectivity index (χ1v) is 5.20. The summed E-state index contributed by atoms with van der Waals surface area (Å²) in [6.45, 7) is 5.16. The van der Waals surface area contributed by atoms with Crippen LogP contribution in [0.25, 0.3) is 0 Å². The van der Waals surface area contributed by atoms with Crippen molar-refractivity contribution >= 4 is 17.3 Å². The number of nitrogens with one attached hydrogen (secondary N) is 1. The van der Waals surface area contributed by atoms with Gasteiger partial charge in [-0.05, 0) is 24.1 Å². The van der Waals surface area contributed by atoms with Crippen LogP contribution in [0, 0.1) is 11.7 Å². The van der Waals surface area contributed by atoms with E-state index in [9.17, 15) is 4.39 Å². The van der Waals surface area contributed by atoms with Crippen molar-refractivity contribution < 1.29 is 4.39 Å². The molecule has 1 aromatic rings. The maximum atomic E-state index is 12.7. The highest BCUT2D eigenvalue weighted by molar-refractivity contribution is 6.33. The predicted molar refractivity (Wildman–Crippen MR) is 59.4 cm³/mol. The molecule has 0 saturated heterocycles. The van der Waals surface area contributed by atoms with Gasteiger partial charge in [-0.15, -0.1) is 0 Å². The van der Waals surface area contributed by atoms with Crippen molar-refractivity contribution in [2.75, 3.05) is 11.9 Å². The Bertz CT molecular complexity index is 301. The predicted octanol–water partition coefficient (Wildman–Crippen LogP) is 3.94. The lowest BCUT2D eigenvalue weighted by atomic mass is 10.1. The summed E-state index contributed by atoms with van der Waals surface area (Å²) in [5.74, 6) is 0.292.